The lowest BCUT2D eigenvalue weighted by Gasteiger charge is -2.15. The number of fused-ring (bicyclic) bond motifs is 1. The van der Waals surface area contributed by atoms with Crippen molar-refractivity contribution in [3.8, 4) is 0 Å². The quantitative estimate of drug-likeness (QED) is 0.750. The van der Waals surface area contributed by atoms with E-state index in [4.69, 9.17) is 0 Å². The molecule has 1 N–H and O–H groups in total. The Balaban J connectivity index is 1.74. The van der Waals surface area contributed by atoms with Crippen LogP contribution in [0.15, 0.2) is 64.1 Å². The Bertz CT molecular complexity index is 935. The highest BCUT2D eigenvalue weighted by Gasteiger charge is 2.12. The van der Waals surface area contributed by atoms with Crippen molar-refractivity contribution in [2.24, 2.45) is 0 Å². The van der Waals surface area contributed by atoms with Gasteiger partial charge in [-0.05, 0) is 36.8 Å². The van der Waals surface area contributed by atoms with E-state index < -0.39 is 0 Å². The molecule has 0 aliphatic rings. The summed E-state index contributed by atoms with van der Waals surface area (Å²) in [5, 5.41) is 3.41. The molecule has 3 rings (SSSR count). The molecule has 0 saturated heterocycles. The Morgan fingerprint density at radius 1 is 1.21 bits per heavy atom. The maximum absolute atomic E-state index is 12.4. The van der Waals surface area contributed by atoms with Gasteiger partial charge in [0.1, 0.15) is 6.54 Å². The minimum Gasteiger partial charge on any atom is -0.348 e. The largest absolute Gasteiger partial charge is 0.348 e. The number of nitrogens with zero attached hydrogens (tertiary/aromatic N) is 2. The molecule has 0 bridgehead atoms. The predicted octanol–water partition coefficient (Wildman–Crippen LogP) is 3.04. The predicted molar refractivity (Wildman–Crippen MR) is 96.7 cm³/mol. The summed E-state index contributed by atoms with van der Waals surface area (Å²) in [6, 6.07) is 14.7. The fourth-order valence-electron chi connectivity index (χ4n) is 2.50. The third-order valence-electron chi connectivity index (χ3n) is 3.79. The normalized spacial score (nSPS) is 12.1. The van der Waals surface area contributed by atoms with E-state index in [2.05, 4.69) is 26.2 Å². The molecule has 0 unspecified atom stereocenters. The second-order valence-electron chi connectivity index (χ2n) is 5.54. The van der Waals surface area contributed by atoms with Crippen molar-refractivity contribution in [2.75, 3.05) is 0 Å². The second kappa shape index (κ2) is 6.97. The van der Waals surface area contributed by atoms with Crippen molar-refractivity contribution in [1.82, 2.24) is 14.9 Å². The lowest BCUT2D eigenvalue weighted by Crippen LogP contribution is -2.33. The third-order valence-corrected chi connectivity index (χ3v) is 4.32. The number of hydrogen-bond acceptors (Lipinski definition) is 3. The van der Waals surface area contributed by atoms with Crippen LogP contribution in [-0.4, -0.2) is 15.5 Å². The molecule has 5 nitrogen and oxygen atoms in total. The van der Waals surface area contributed by atoms with Crippen LogP contribution in [0, 0.1) is 0 Å². The van der Waals surface area contributed by atoms with Gasteiger partial charge in [0.25, 0.3) is 5.56 Å². The molecule has 24 heavy (non-hydrogen) atoms. The fourth-order valence-corrected chi connectivity index (χ4v) is 2.76. The number of carbonyl (C=O) groups excluding carboxylic acids is 1. The van der Waals surface area contributed by atoms with Gasteiger partial charge in [0.15, 0.2) is 0 Å². The standard InChI is InChI=1S/C18H16BrN3O2/c1-12(13-6-8-14(19)9-7-13)21-17(23)10-22-11-20-16-5-3-2-4-15(16)18(22)24/h2-9,11-12H,10H2,1H3,(H,21,23)/t12-/m0/s1. The van der Waals surface area contributed by atoms with Gasteiger partial charge in [-0.3, -0.25) is 14.2 Å². The highest BCUT2D eigenvalue weighted by Crippen LogP contribution is 2.16. The number of rotatable bonds is 4. The Morgan fingerprint density at radius 2 is 1.92 bits per heavy atom. The number of halogens is 1. The Kier molecular flexibility index (Phi) is 4.76. The molecule has 6 heteroatoms. The zero-order chi connectivity index (χ0) is 17.1. The van der Waals surface area contributed by atoms with Crippen LogP contribution in [0.5, 0.6) is 0 Å². The van der Waals surface area contributed by atoms with Crippen LogP contribution in [-0.2, 0) is 11.3 Å². The highest BCUT2D eigenvalue weighted by molar-refractivity contribution is 9.10. The summed E-state index contributed by atoms with van der Waals surface area (Å²) in [4.78, 5) is 28.9. The first kappa shape index (κ1) is 16.4. The molecule has 0 aliphatic heterocycles. The smallest absolute Gasteiger partial charge is 0.261 e. The summed E-state index contributed by atoms with van der Waals surface area (Å²) in [5.74, 6) is -0.232. The van der Waals surface area contributed by atoms with Crippen LogP contribution in [0.2, 0.25) is 0 Å². The molecule has 0 spiro atoms. The van der Waals surface area contributed by atoms with E-state index in [0.717, 1.165) is 10.0 Å². The van der Waals surface area contributed by atoms with Gasteiger partial charge in [-0.2, -0.15) is 0 Å². The van der Waals surface area contributed by atoms with Crippen LogP contribution in [0.4, 0.5) is 0 Å². The van der Waals surface area contributed by atoms with Gasteiger partial charge in [0.2, 0.25) is 5.91 Å². The number of nitrogens with one attached hydrogen (secondary N) is 1. The van der Waals surface area contributed by atoms with Crippen molar-refractivity contribution >= 4 is 32.7 Å². The van der Waals surface area contributed by atoms with Crippen molar-refractivity contribution in [3.63, 3.8) is 0 Å². The summed E-state index contributed by atoms with van der Waals surface area (Å²) in [5.41, 5.74) is 1.41. The topological polar surface area (TPSA) is 64.0 Å². The molecule has 1 amide bonds. The zero-order valence-electron chi connectivity index (χ0n) is 13.1. The number of hydrogen-bond donors (Lipinski definition) is 1. The molecule has 0 saturated carbocycles. The summed E-state index contributed by atoms with van der Waals surface area (Å²) >= 11 is 3.38. The minimum atomic E-state index is -0.232. The van der Waals surface area contributed by atoms with Crippen LogP contribution in [0.1, 0.15) is 18.5 Å². The molecule has 1 heterocycles. The van der Waals surface area contributed by atoms with E-state index in [9.17, 15) is 9.59 Å². The van der Waals surface area contributed by atoms with E-state index >= 15 is 0 Å². The zero-order valence-corrected chi connectivity index (χ0v) is 14.7. The van der Waals surface area contributed by atoms with Gasteiger partial charge < -0.3 is 5.32 Å². The molecule has 3 aromatic rings. The van der Waals surface area contributed by atoms with Crippen molar-refractivity contribution in [3.05, 3.63) is 75.2 Å². The first-order valence-electron chi connectivity index (χ1n) is 7.53. The molecule has 0 radical (unpaired) electrons. The van der Waals surface area contributed by atoms with Gasteiger partial charge in [-0.1, -0.05) is 40.2 Å². The first-order chi connectivity index (χ1) is 11.5. The monoisotopic (exact) mass is 385 g/mol. The maximum atomic E-state index is 12.4. The van der Waals surface area contributed by atoms with Gasteiger partial charge in [-0.15, -0.1) is 0 Å². The van der Waals surface area contributed by atoms with Crippen LogP contribution < -0.4 is 10.9 Å². The maximum Gasteiger partial charge on any atom is 0.261 e. The number of amides is 1. The summed E-state index contributed by atoms with van der Waals surface area (Å²) < 4.78 is 2.31. The van der Waals surface area contributed by atoms with Crippen molar-refractivity contribution < 1.29 is 4.79 Å². The van der Waals surface area contributed by atoms with E-state index in [0.29, 0.717) is 10.9 Å². The lowest BCUT2D eigenvalue weighted by atomic mass is 10.1. The van der Waals surface area contributed by atoms with E-state index in [1.165, 1.54) is 10.9 Å². The first-order valence-corrected chi connectivity index (χ1v) is 8.33. The average Bonchev–Trinajstić information content (AvgIpc) is 2.58. The van der Waals surface area contributed by atoms with Crippen molar-refractivity contribution in [1.29, 1.82) is 0 Å². The van der Waals surface area contributed by atoms with Crippen LogP contribution >= 0.6 is 15.9 Å². The average molecular weight is 386 g/mol. The highest BCUT2D eigenvalue weighted by atomic mass is 79.9. The fraction of sp³-hybridized carbons (Fsp3) is 0.167. The number of benzene rings is 2. The minimum absolute atomic E-state index is 0.0580. The molecule has 122 valence electrons. The molecule has 0 aliphatic carbocycles. The van der Waals surface area contributed by atoms with E-state index in [1.54, 1.807) is 18.2 Å². The van der Waals surface area contributed by atoms with Crippen molar-refractivity contribution in [2.45, 2.75) is 19.5 Å². The van der Waals surface area contributed by atoms with Crippen LogP contribution in [0.25, 0.3) is 10.9 Å². The Hall–Kier alpha value is -2.47. The molecular formula is C18H16BrN3O2. The Labute approximate surface area is 147 Å². The lowest BCUT2D eigenvalue weighted by molar-refractivity contribution is -0.122. The summed E-state index contributed by atoms with van der Waals surface area (Å²) in [7, 11) is 0. The van der Waals surface area contributed by atoms with Gasteiger partial charge in [0.05, 0.1) is 23.3 Å². The van der Waals surface area contributed by atoms with Gasteiger partial charge >= 0.3 is 0 Å². The Morgan fingerprint density at radius 3 is 2.67 bits per heavy atom. The summed E-state index contributed by atoms with van der Waals surface area (Å²) in [6.07, 6.45) is 1.41. The second-order valence-corrected chi connectivity index (χ2v) is 6.45. The van der Waals surface area contributed by atoms with Gasteiger partial charge in [-0.25, -0.2) is 4.98 Å². The van der Waals surface area contributed by atoms with Gasteiger partial charge in [0, 0.05) is 4.47 Å². The number of aromatic nitrogens is 2. The molecular weight excluding hydrogens is 370 g/mol. The van der Waals surface area contributed by atoms with E-state index in [-0.39, 0.29) is 24.1 Å². The molecule has 2 aromatic carbocycles. The SMILES string of the molecule is C[C@H](NC(=O)Cn1cnc2ccccc2c1=O)c1ccc(Br)cc1. The number of carbonyl (C=O) groups is 1. The molecule has 1 aromatic heterocycles. The summed E-state index contributed by atoms with van der Waals surface area (Å²) in [6.45, 7) is 1.85. The molecule has 1 atom stereocenters. The van der Waals surface area contributed by atoms with E-state index in [1.807, 2.05) is 37.3 Å². The van der Waals surface area contributed by atoms with Crippen LogP contribution in [0.3, 0.4) is 0 Å². The third kappa shape index (κ3) is 3.54. The number of para-hydroxylation sites is 1. The molecule has 0 fully saturated rings.